The van der Waals surface area contributed by atoms with Crippen molar-refractivity contribution in [2.75, 3.05) is 6.54 Å². The molecule has 1 aliphatic rings. The van der Waals surface area contributed by atoms with Crippen molar-refractivity contribution in [1.29, 1.82) is 0 Å². The lowest BCUT2D eigenvalue weighted by molar-refractivity contribution is -0.941. The third-order valence-corrected chi connectivity index (χ3v) is 7.36. The Morgan fingerprint density at radius 1 is 1.21 bits per heavy atom. The van der Waals surface area contributed by atoms with E-state index in [4.69, 9.17) is 17.2 Å². The quantitative estimate of drug-likeness (QED) is 0.505. The molecule has 2 atom stereocenters. The van der Waals surface area contributed by atoms with Crippen molar-refractivity contribution in [2.24, 2.45) is 0 Å². The summed E-state index contributed by atoms with van der Waals surface area (Å²) in [4.78, 5) is 6.41. The van der Waals surface area contributed by atoms with Gasteiger partial charge in [-0.05, 0) is 55.4 Å². The normalized spacial score (nSPS) is 19.2. The van der Waals surface area contributed by atoms with Crippen molar-refractivity contribution < 1.29 is 4.90 Å². The molecule has 1 unspecified atom stereocenters. The van der Waals surface area contributed by atoms with E-state index in [0.29, 0.717) is 6.04 Å². The Bertz CT molecular complexity index is 1200. The highest BCUT2D eigenvalue weighted by molar-refractivity contribution is 7.71. The highest BCUT2D eigenvalue weighted by Crippen LogP contribution is 2.28. The molecule has 0 radical (unpaired) electrons. The van der Waals surface area contributed by atoms with Gasteiger partial charge in [-0.15, -0.1) is 11.3 Å². The minimum Gasteiger partial charge on any atom is -0.308 e. The van der Waals surface area contributed by atoms with E-state index in [2.05, 4.69) is 61.4 Å². The zero-order valence-electron chi connectivity index (χ0n) is 16.6. The van der Waals surface area contributed by atoms with Gasteiger partial charge in [-0.2, -0.15) is 9.78 Å². The molecule has 1 N–H and O–H groups in total. The van der Waals surface area contributed by atoms with Crippen LogP contribution >= 0.6 is 23.6 Å². The molecule has 7 heteroatoms. The van der Waals surface area contributed by atoms with Crippen LogP contribution in [-0.2, 0) is 6.67 Å². The molecule has 1 saturated heterocycles. The monoisotopic (exact) mass is 422 g/mol. The lowest BCUT2D eigenvalue weighted by Gasteiger charge is -2.19. The van der Waals surface area contributed by atoms with Crippen LogP contribution in [0, 0.1) is 18.6 Å². The number of hydrogen-bond donors (Lipinski definition) is 1. The number of quaternary nitrogens is 1. The van der Waals surface area contributed by atoms with Crippen molar-refractivity contribution in [3.63, 3.8) is 0 Å². The fourth-order valence-corrected chi connectivity index (χ4v) is 5.64. The maximum Gasteiger partial charge on any atom is 0.207 e. The number of fused-ring (bicyclic) bond motifs is 1. The van der Waals surface area contributed by atoms with E-state index in [0.717, 1.165) is 29.2 Å². The molecule has 2 aromatic carbocycles. The van der Waals surface area contributed by atoms with Gasteiger partial charge in [-0.3, -0.25) is 4.57 Å². The molecule has 3 heterocycles. The highest BCUT2D eigenvalue weighted by atomic mass is 32.1. The maximum absolute atomic E-state index is 5.79. The smallest absolute Gasteiger partial charge is 0.207 e. The van der Waals surface area contributed by atoms with Gasteiger partial charge >= 0.3 is 0 Å². The first-order valence-corrected chi connectivity index (χ1v) is 11.2. The first kappa shape index (κ1) is 18.7. The van der Waals surface area contributed by atoms with Crippen LogP contribution in [0.25, 0.3) is 15.9 Å². The average molecular weight is 423 g/mol. The fourth-order valence-electron chi connectivity index (χ4n) is 4.22. The number of thiazole rings is 1. The Labute approximate surface area is 179 Å². The molecule has 2 aromatic heterocycles. The van der Waals surface area contributed by atoms with E-state index in [1.165, 1.54) is 38.6 Å². The minimum atomic E-state index is 0.417. The zero-order valence-corrected chi connectivity index (χ0v) is 18.3. The van der Waals surface area contributed by atoms with Gasteiger partial charge in [0.1, 0.15) is 12.4 Å². The van der Waals surface area contributed by atoms with Crippen LogP contribution in [0.3, 0.4) is 0 Å². The van der Waals surface area contributed by atoms with Gasteiger partial charge in [0.15, 0.2) is 11.7 Å². The van der Waals surface area contributed by atoms with Gasteiger partial charge in [0.05, 0.1) is 22.4 Å². The average Bonchev–Trinajstić information content (AvgIpc) is 3.43. The molecule has 1 aliphatic heterocycles. The molecule has 0 aliphatic carbocycles. The fraction of sp³-hybridized carbons (Fsp3) is 0.318. The number of rotatable bonds is 4. The molecule has 29 heavy (non-hydrogen) atoms. The van der Waals surface area contributed by atoms with Gasteiger partial charge in [0.2, 0.25) is 4.77 Å². The molecule has 148 valence electrons. The van der Waals surface area contributed by atoms with E-state index >= 15 is 0 Å². The van der Waals surface area contributed by atoms with Gasteiger partial charge in [-0.25, -0.2) is 4.98 Å². The zero-order chi connectivity index (χ0) is 20.0. The second kappa shape index (κ2) is 7.48. The van der Waals surface area contributed by atoms with Crippen LogP contribution in [0.4, 0.5) is 0 Å². The van der Waals surface area contributed by atoms with E-state index in [-0.39, 0.29) is 0 Å². The molecule has 5 rings (SSSR count). The molecular formula is C22H24N5S2+. The summed E-state index contributed by atoms with van der Waals surface area (Å²) in [5.74, 6) is 0. The predicted molar refractivity (Wildman–Crippen MR) is 119 cm³/mol. The van der Waals surface area contributed by atoms with Gasteiger partial charge in [0, 0.05) is 12.8 Å². The largest absolute Gasteiger partial charge is 0.308 e. The minimum absolute atomic E-state index is 0.417. The molecule has 1 fully saturated rings. The van der Waals surface area contributed by atoms with Crippen molar-refractivity contribution >= 4 is 33.8 Å². The molecule has 0 saturated carbocycles. The molecule has 0 amide bonds. The number of hydrogen-bond acceptors (Lipinski definition) is 4. The van der Waals surface area contributed by atoms with Crippen molar-refractivity contribution in [1.82, 2.24) is 19.3 Å². The Kier molecular flexibility index (Phi) is 4.81. The summed E-state index contributed by atoms with van der Waals surface area (Å²) in [5, 5.41) is 5.87. The molecule has 5 nitrogen and oxygen atoms in total. The van der Waals surface area contributed by atoms with Gasteiger partial charge < -0.3 is 4.90 Å². The number of nitrogens with one attached hydrogen (secondary N) is 1. The third kappa shape index (κ3) is 3.43. The predicted octanol–water partition coefficient (Wildman–Crippen LogP) is 4.01. The maximum atomic E-state index is 5.79. The summed E-state index contributed by atoms with van der Waals surface area (Å²) >= 11 is 7.62. The summed E-state index contributed by atoms with van der Waals surface area (Å²) in [6.45, 7) is 6.12. The van der Waals surface area contributed by atoms with E-state index in [1.807, 2.05) is 26.9 Å². The van der Waals surface area contributed by atoms with E-state index in [1.54, 1.807) is 0 Å². The first-order valence-electron chi connectivity index (χ1n) is 10.0. The van der Waals surface area contributed by atoms with E-state index < -0.39 is 0 Å². The number of aromatic nitrogens is 4. The summed E-state index contributed by atoms with van der Waals surface area (Å²) in [5.41, 5.74) is 4.64. The number of aryl methyl sites for hydroxylation is 2. The summed E-state index contributed by atoms with van der Waals surface area (Å²) in [7, 11) is 0. The Morgan fingerprint density at radius 2 is 2.07 bits per heavy atom. The third-order valence-electron chi connectivity index (χ3n) is 5.80. The molecule has 4 aromatic rings. The van der Waals surface area contributed by atoms with Gasteiger partial charge in [0.25, 0.3) is 0 Å². The van der Waals surface area contributed by atoms with Crippen LogP contribution in [0.2, 0.25) is 0 Å². The van der Waals surface area contributed by atoms with E-state index in [9.17, 15) is 0 Å². The molecule has 0 bridgehead atoms. The second-order valence-electron chi connectivity index (χ2n) is 7.85. The van der Waals surface area contributed by atoms with Crippen LogP contribution in [-0.4, -0.2) is 25.9 Å². The van der Waals surface area contributed by atoms with Crippen molar-refractivity contribution in [3.8, 4) is 5.69 Å². The van der Waals surface area contributed by atoms with Crippen LogP contribution < -0.4 is 4.90 Å². The molecule has 0 spiro atoms. The van der Waals surface area contributed by atoms with Crippen LogP contribution in [0.15, 0.2) is 48.8 Å². The molecular weight excluding hydrogens is 398 g/mol. The number of benzene rings is 2. The summed E-state index contributed by atoms with van der Waals surface area (Å²) < 4.78 is 6.02. The second-order valence-corrected chi connectivity index (χ2v) is 9.28. The topological polar surface area (TPSA) is 40.1 Å². The lowest BCUT2D eigenvalue weighted by atomic mass is 10.1. The SMILES string of the molecule is Cc1ccc(C)c(-n2cnn(C[NH+]3CCC[C@@H]3c3nc4ccccc4s3)c2=S)c1. The first-order chi connectivity index (χ1) is 14.1. The highest BCUT2D eigenvalue weighted by Gasteiger charge is 2.33. The Morgan fingerprint density at radius 3 is 2.93 bits per heavy atom. The van der Waals surface area contributed by atoms with Crippen molar-refractivity contribution in [2.45, 2.75) is 39.4 Å². The standard InChI is InChI=1S/C22H23N5S2/c1-15-9-10-16(2)19(12-15)26-13-23-27(22(26)28)14-25-11-5-7-18(25)21-24-17-6-3-4-8-20(17)29-21/h3-4,6,8-10,12-13,18H,5,7,11,14H2,1-2H3/p+1/t18-/m1/s1. The van der Waals surface area contributed by atoms with Crippen molar-refractivity contribution in [3.05, 3.63) is 69.7 Å². The lowest BCUT2D eigenvalue weighted by Crippen LogP contribution is -3.09. The Balaban J connectivity index is 1.43. The van der Waals surface area contributed by atoms with Crippen LogP contribution in [0.5, 0.6) is 0 Å². The Hall–Kier alpha value is -2.35. The summed E-state index contributed by atoms with van der Waals surface area (Å²) in [6, 6.07) is 15.3. The number of nitrogens with zero attached hydrogens (tertiary/aromatic N) is 4. The summed E-state index contributed by atoms with van der Waals surface area (Å²) in [6.07, 6.45) is 4.23. The van der Waals surface area contributed by atoms with Gasteiger partial charge in [-0.1, -0.05) is 24.3 Å². The number of para-hydroxylation sites is 1. The number of likely N-dealkylation sites (tertiary alicyclic amines) is 1. The van der Waals surface area contributed by atoms with Crippen LogP contribution in [0.1, 0.15) is 35.0 Å².